The lowest BCUT2D eigenvalue weighted by atomic mass is 9.47. The molecular weight excluding hydrogens is 397 g/mol. The molecule has 1 aromatic heterocycles. The Balaban J connectivity index is 1.42. The zero-order chi connectivity index (χ0) is 22.5. The van der Waals surface area contributed by atoms with Gasteiger partial charge < -0.3 is 0 Å². The molecule has 1 heterocycles. The number of allylic oxidation sites excluding steroid dienone is 4. The predicted octanol–water partition coefficient (Wildman–Crippen LogP) is 7.22. The van der Waals surface area contributed by atoms with Crippen LogP contribution in [0.15, 0.2) is 53.8 Å². The van der Waals surface area contributed by atoms with E-state index in [0.29, 0.717) is 34.4 Å². The molecule has 3 aliphatic carbocycles. The van der Waals surface area contributed by atoms with Gasteiger partial charge >= 0.3 is 0 Å². The molecule has 4 heteroatoms. The van der Waals surface area contributed by atoms with Crippen molar-refractivity contribution in [3.8, 4) is 11.3 Å². The maximum Gasteiger partial charge on any atom is 0.132 e. The molecule has 4 atom stereocenters. The molecule has 1 aromatic carbocycles. The zero-order valence-electron chi connectivity index (χ0n) is 19.9. The van der Waals surface area contributed by atoms with Gasteiger partial charge in [-0.15, -0.1) is 5.10 Å². The molecule has 3 nitrogen and oxygen atoms in total. The summed E-state index contributed by atoms with van der Waals surface area (Å²) in [5, 5.41) is 8.73. The summed E-state index contributed by atoms with van der Waals surface area (Å²) in [6.07, 6.45) is 14.5. The maximum absolute atomic E-state index is 14.2. The molecule has 32 heavy (non-hydrogen) atoms. The molecule has 0 saturated heterocycles. The lowest BCUT2D eigenvalue weighted by molar-refractivity contribution is -0.0588. The van der Waals surface area contributed by atoms with Crippen LogP contribution in [0, 0.1) is 34.4 Å². The molecule has 2 aromatic rings. The first-order valence-corrected chi connectivity index (χ1v) is 12.4. The lowest BCUT2D eigenvalue weighted by Gasteiger charge is -2.58. The minimum absolute atomic E-state index is 0.164. The van der Waals surface area contributed by atoms with Crippen LogP contribution in [0.25, 0.3) is 11.3 Å². The van der Waals surface area contributed by atoms with Crippen molar-refractivity contribution in [1.82, 2.24) is 15.0 Å². The second-order valence-electron chi connectivity index (χ2n) is 11.3. The van der Waals surface area contributed by atoms with Crippen molar-refractivity contribution in [3.05, 3.63) is 59.6 Å². The Morgan fingerprint density at radius 1 is 1.19 bits per heavy atom. The molecule has 1 saturated carbocycles. The molecule has 0 N–H and O–H groups in total. The number of halogens is 1. The van der Waals surface area contributed by atoms with E-state index < -0.39 is 0 Å². The third-order valence-electron chi connectivity index (χ3n) is 8.92. The maximum atomic E-state index is 14.2. The molecule has 2 unspecified atom stereocenters. The Hall–Kier alpha value is -2.23. The van der Waals surface area contributed by atoms with Crippen molar-refractivity contribution in [2.24, 2.45) is 28.6 Å². The fourth-order valence-corrected chi connectivity index (χ4v) is 7.20. The van der Waals surface area contributed by atoms with Crippen molar-refractivity contribution >= 4 is 0 Å². The quantitative estimate of drug-likeness (QED) is 0.509. The van der Waals surface area contributed by atoms with Crippen molar-refractivity contribution in [2.45, 2.75) is 72.8 Å². The molecule has 0 spiro atoms. The first kappa shape index (κ1) is 21.6. The highest BCUT2D eigenvalue weighted by Gasteiger charge is 2.54. The van der Waals surface area contributed by atoms with E-state index in [-0.39, 0.29) is 11.2 Å². The van der Waals surface area contributed by atoms with Gasteiger partial charge in [-0.25, -0.2) is 4.39 Å². The summed E-state index contributed by atoms with van der Waals surface area (Å²) in [5.74, 6) is 1.71. The van der Waals surface area contributed by atoms with E-state index in [1.54, 1.807) is 23.3 Å². The Labute approximate surface area is 191 Å². The van der Waals surface area contributed by atoms with Gasteiger partial charge in [-0.2, -0.15) is 0 Å². The number of fused-ring (bicyclic) bond motifs is 3. The monoisotopic (exact) mass is 433 g/mol. The van der Waals surface area contributed by atoms with Crippen LogP contribution < -0.4 is 0 Å². The number of benzene rings is 1. The second kappa shape index (κ2) is 7.97. The van der Waals surface area contributed by atoms with Gasteiger partial charge in [-0.05, 0) is 78.4 Å². The van der Waals surface area contributed by atoms with Crippen LogP contribution in [0.2, 0.25) is 0 Å². The Morgan fingerprint density at radius 2 is 2.00 bits per heavy atom. The van der Waals surface area contributed by atoms with Crippen LogP contribution in [0.5, 0.6) is 0 Å². The molecule has 1 fully saturated rings. The molecule has 0 amide bonds. The van der Waals surface area contributed by atoms with Crippen LogP contribution in [-0.4, -0.2) is 15.0 Å². The van der Waals surface area contributed by atoms with Gasteiger partial charge in [-0.1, -0.05) is 69.2 Å². The number of aromatic nitrogens is 3. The van der Waals surface area contributed by atoms with Gasteiger partial charge in [0.25, 0.3) is 0 Å². The van der Waals surface area contributed by atoms with Gasteiger partial charge in [-0.3, -0.25) is 4.68 Å². The van der Waals surface area contributed by atoms with E-state index in [0.717, 1.165) is 13.0 Å². The minimum atomic E-state index is -0.243. The van der Waals surface area contributed by atoms with E-state index in [2.05, 4.69) is 50.2 Å². The summed E-state index contributed by atoms with van der Waals surface area (Å²) in [6.45, 7) is 10.5. The van der Waals surface area contributed by atoms with Crippen molar-refractivity contribution < 1.29 is 4.39 Å². The van der Waals surface area contributed by atoms with Crippen LogP contribution in [0.3, 0.4) is 0 Å². The summed E-state index contributed by atoms with van der Waals surface area (Å²) in [6, 6.07) is 6.82. The molecule has 0 radical (unpaired) electrons. The molecule has 170 valence electrons. The van der Waals surface area contributed by atoms with Gasteiger partial charge in [0.05, 0.1) is 6.20 Å². The van der Waals surface area contributed by atoms with E-state index >= 15 is 0 Å². The van der Waals surface area contributed by atoms with E-state index in [1.807, 2.05) is 16.9 Å². The van der Waals surface area contributed by atoms with Crippen molar-refractivity contribution in [3.63, 3.8) is 0 Å². The molecule has 3 aliphatic rings. The molecule has 5 rings (SSSR count). The Bertz CT molecular complexity index is 1060. The largest absolute Gasteiger partial charge is 0.251 e. The smallest absolute Gasteiger partial charge is 0.132 e. The number of rotatable bonds is 4. The average Bonchev–Trinajstić information content (AvgIpc) is 3.21. The van der Waals surface area contributed by atoms with Crippen LogP contribution in [0.1, 0.15) is 66.2 Å². The van der Waals surface area contributed by atoms with Crippen molar-refractivity contribution in [1.29, 1.82) is 0 Å². The zero-order valence-corrected chi connectivity index (χ0v) is 19.9. The Kier molecular flexibility index (Phi) is 5.38. The summed E-state index contributed by atoms with van der Waals surface area (Å²) in [7, 11) is 0. The number of hydrogen-bond acceptors (Lipinski definition) is 2. The van der Waals surface area contributed by atoms with E-state index in [9.17, 15) is 4.39 Å². The van der Waals surface area contributed by atoms with Crippen molar-refractivity contribution in [2.75, 3.05) is 0 Å². The summed E-state index contributed by atoms with van der Waals surface area (Å²) in [4.78, 5) is 0. The van der Waals surface area contributed by atoms with Gasteiger partial charge in [0.15, 0.2) is 0 Å². The first-order valence-electron chi connectivity index (χ1n) is 12.4. The highest BCUT2D eigenvalue weighted by atomic mass is 19.1. The molecule has 0 aliphatic heterocycles. The van der Waals surface area contributed by atoms with E-state index in [4.69, 9.17) is 0 Å². The summed E-state index contributed by atoms with van der Waals surface area (Å²) >= 11 is 0. The predicted molar refractivity (Wildman–Crippen MR) is 127 cm³/mol. The SMILES string of the molecule is CC(C)C1=CC2=CCC3[C@](C)(Cn4cc(-c5ccccc5F)nn4)CCC[C@]3(C)C2CC1. The number of hydrogen-bond donors (Lipinski definition) is 0. The van der Waals surface area contributed by atoms with Gasteiger partial charge in [0.2, 0.25) is 0 Å². The van der Waals surface area contributed by atoms with Gasteiger partial charge in [0.1, 0.15) is 11.5 Å². The summed E-state index contributed by atoms with van der Waals surface area (Å²) in [5.41, 5.74) is 4.87. The standard InChI is InChI=1S/C28H36FN3/c1-19(2)20-10-12-23-21(16-20)11-13-26-27(3,14-7-15-28(23,26)4)18-32-17-25(30-31-32)22-8-5-6-9-24(22)29/h5-6,8-9,11,16-17,19,23,26H,7,10,12-15,18H2,1-4H3/t23?,26?,27-,28+/m0/s1. The third kappa shape index (κ3) is 3.56. The first-order chi connectivity index (χ1) is 15.3. The topological polar surface area (TPSA) is 30.7 Å². The fraction of sp³-hybridized carbons (Fsp3) is 0.571. The Morgan fingerprint density at radius 3 is 2.78 bits per heavy atom. The van der Waals surface area contributed by atoms with E-state index in [1.165, 1.54) is 38.2 Å². The van der Waals surface area contributed by atoms with Crippen LogP contribution in [0.4, 0.5) is 4.39 Å². The second-order valence-corrected chi connectivity index (χ2v) is 11.3. The molecule has 0 bridgehead atoms. The molecular formula is C28H36FN3. The van der Waals surface area contributed by atoms with Crippen LogP contribution in [-0.2, 0) is 6.54 Å². The number of nitrogens with zero attached hydrogens (tertiary/aromatic N) is 3. The van der Waals surface area contributed by atoms with Crippen LogP contribution >= 0.6 is 0 Å². The third-order valence-corrected chi connectivity index (χ3v) is 8.92. The highest BCUT2D eigenvalue weighted by molar-refractivity contribution is 5.58. The highest BCUT2D eigenvalue weighted by Crippen LogP contribution is 2.62. The van der Waals surface area contributed by atoms with Gasteiger partial charge in [0, 0.05) is 12.1 Å². The minimum Gasteiger partial charge on any atom is -0.251 e. The normalized spacial score (nSPS) is 32.2. The summed E-state index contributed by atoms with van der Waals surface area (Å²) < 4.78 is 16.2. The average molecular weight is 434 g/mol. The lowest BCUT2D eigenvalue weighted by Crippen LogP contribution is -2.51. The fourth-order valence-electron chi connectivity index (χ4n) is 7.20.